The van der Waals surface area contributed by atoms with E-state index in [-0.39, 0.29) is 11.7 Å². The number of ether oxygens (including phenoxy) is 1. The first-order valence-electron chi connectivity index (χ1n) is 9.18. The van der Waals surface area contributed by atoms with Gasteiger partial charge in [-0.25, -0.2) is 4.52 Å². The second kappa shape index (κ2) is 7.75. The molecule has 6 nitrogen and oxygen atoms in total. The summed E-state index contributed by atoms with van der Waals surface area (Å²) in [5.74, 6) is -0.540. The molecule has 1 aliphatic rings. The Kier molecular flexibility index (Phi) is 5.14. The minimum absolute atomic E-state index is 0.198. The molecule has 0 radical (unpaired) electrons. The first kappa shape index (κ1) is 19.3. The number of pyridine rings is 1. The van der Waals surface area contributed by atoms with Gasteiger partial charge in [-0.05, 0) is 42.5 Å². The standard InChI is InChI=1S/C20H19F3N4O2/c21-20(22,23)29-18-6-4-15(5-7-18)19(28)26-11-9-25(10-12-26)14-16-13-17-3-1-2-8-27(17)24-16/h1-8,13H,9-12,14H2. The van der Waals surface area contributed by atoms with Crippen LogP contribution in [0.3, 0.4) is 0 Å². The lowest BCUT2D eigenvalue weighted by Crippen LogP contribution is -2.48. The zero-order valence-corrected chi connectivity index (χ0v) is 15.5. The van der Waals surface area contributed by atoms with Gasteiger partial charge in [0.2, 0.25) is 0 Å². The van der Waals surface area contributed by atoms with Crippen molar-refractivity contribution in [3.05, 3.63) is 66.0 Å². The SMILES string of the molecule is O=C(c1ccc(OC(F)(F)F)cc1)N1CCN(Cc2cc3ccccn3n2)CC1. The van der Waals surface area contributed by atoms with Crippen molar-refractivity contribution in [3.8, 4) is 5.75 Å². The van der Waals surface area contributed by atoms with Crippen molar-refractivity contribution in [2.75, 3.05) is 26.2 Å². The number of benzene rings is 1. The van der Waals surface area contributed by atoms with E-state index in [1.807, 2.05) is 35.0 Å². The van der Waals surface area contributed by atoms with E-state index in [1.165, 1.54) is 12.1 Å². The van der Waals surface area contributed by atoms with Crippen molar-refractivity contribution < 1.29 is 22.7 Å². The molecular formula is C20H19F3N4O2. The summed E-state index contributed by atoms with van der Waals surface area (Å²) in [6.45, 7) is 3.21. The summed E-state index contributed by atoms with van der Waals surface area (Å²) in [6.07, 6.45) is -2.84. The highest BCUT2D eigenvalue weighted by Gasteiger charge is 2.31. The van der Waals surface area contributed by atoms with Gasteiger partial charge >= 0.3 is 6.36 Å². The average molecular weight is 404 g/mol. The van der Waals surface area contributed by atoms with E-state index < -0.39 is 6.36 Å². The zero-order valence-electron chi connectivity index (χ0n) is 15.5. The van der Waals surface area contributed by atoms with Gasteiger partial charge in [-0.15, -0.1) is 13.2 Å². The molecule has 4 rings (SSSR count). The van der Waals surface area contributed by atoms with Gasteiger partial charge in [-0.1, -0.05) is 6.07 Å². The lowest BCUT2D eigenvalue weighted by Gasteiger charge is -2.34. The van der Waals surface area contributed by atoms with E-state index in [1.54, 1.807) is 4.90 Å². The summed E-state index contributed by atoms with van der Waals surface area (Å²) in [5, 5.41) is 4.54. The van der Waals surface area contributed by atoms with Crippen molar-refractivity contribution in [1.82, 2.24) is 19.4 Å². The highest BCUT2D eigenvalue weighted by Crippen LogP contribution is 2.23. The van der Waals surface area contributed by atoms with Crippen molar-refractivity contribution >= 4 is 11.4 Å². The number of alkyl halides is 3. The van der Waals surface area contributed by atoms with Gasteiger partial charge in [0.15, 0.2) is 0 Å². The number of halogens is 3. The van der Waals surface area contributed by atoms with Crippen LogP contribution in [0.25, 0.3) is 5.52 Å². The summed E-state index contributed by atoms with van der Waals surface area (Å²) in [7, 11) is 0. The number of hydrogen-bond donors (Lipinski definition) is 0. The Balaban J connectivity index is 1.32. The van der Waals surface area contributed by atoms with Gasteiger partial charge in [-0.2, -0.15) is 5.10 Å². The summed E-state index contributed by atoms with van der Waals surface area (Å²) in [6, 6.07) is 12.9. The molecule has 152 valence electrons. The molecule has 0 unspecified atom stereocenters. The molecule has 0 spiro atoms. The quantitative estimate of drug-likeness (QED) is 0.670. The van der Waals surface area contributed by atoms with Crippen LogP contribution in [0.2, 0.25) is 0 Å². The molecule has 0 aliphatic carbocycles. The van der Waals surface area contributed by atoms with Crippen molar-refractivity contribution in [3.63, 3.8) is 0 Å². The molecule has 1 aromatic carbocycles. The van der Waals surface area contributed by atoms with Crippen LogP contribution in [0.4, 0.5) is 13.2 Å². The Labute approximate surface area is 165 Å². The summed E-state index contributed by atoms with van der Waals surface area (Å²) >= 11 is 0. The van der Waals surface area contributed by atoms with Crippen LogP contribution in [0.1, 0.15) is 16.1 Å². The van der Waals surface area contributed by atoms with E-state index in [4.69, 9.17) is 0 Å². The average Bonchev–Trinajstić information content (AvgIpc) is 3.10. The Bertz CT molecular complexity index is 960. The van der Waals surface area contributed by atoms with E-state index in [9.17, 15) is 18.0 Å². The maximum atomic E-state index is 12.6. The van der Waals surface area contributed by atoms with Crippen molar-refractivity contribution in [2.45, 2.75) is 12.9 Å². The van der Waals surface area contributed by atoms with Crippen LogP contribution in [0.5, 0.6) is 5.75 Å². The second-order valence-corrected chi connectivity index (χ2v) is 6.85. The van der Waals surface area contributed by atoms with Gasteiger partial charge in [0.05, 0.1) is 11.2 Å². The molecule has 0 N–H and O–H groups in total. The normalized spacial score (nSPS) is 15.6. The van der Waals surface area contributed by atoms with Gasteiger partial charge < -0.3 is 9.64 Å². The Hall–Kier alpha value is -3.07. The predicted molar refractivity (Wildman–Crippen MR) is 99.5 cm³/mol. The number of carbonyl (C=O) groups is 1. The monoisotopic (exact) mass is 404 g/mol. The molecule has 0 bridgehead atoms. The maximum absolute atomic E-state index is 12.6. The summed E-state index contributed by atoms with van der Waals surface area (Å²) < 4.78 is 42.4. The van der Waals surface area contributed by atoms with E-state index in [0.29, 0.717) is 38.3 Å². The Morgan fingerprint density at radius 3 is 2.41 bits per heavy atom. The highest BCUT2D eigenvalue weighted by atomic mass is 19.4. The molecular weight excluding hydrogens is 385 g/mol. The van der Waals surface area contributed by atoms with E-state index in [2.05, 4.69) is 14.7 Å². The number of aromatic nitrogens is 2. The zero-order chi connectivity index (χ0) is 20.4. The largest absolute Gasteiger partial charge is 0.573 e. The molecule has 29 heavy (non-hydrogen) atoms. The number of nitrogens with zero attached hydrogens (tertiary/aromatic N) is 4. The minimum atomic E-state index is -4.75. The molecule has 9 heteroatoms. The molecule has 0 saturated carbocycles. The summed E-state index contributed by atoms with van der Waals surface area (Å²) in [4.78, 5) is 16.5. The van der Waals surface area contributed by atoms with Crippen LogP contribution in [0.15, 0.2) is 54.7 Å². The Morgan fingerprint density at radius 2 is 1.76 bits per heavy atom. The van der Waals surface area contributed by atoms with Crippen LogP contribution >= 0.6 is 0 Å². The molecule has 0 atom stereocenters. The fourth-order valence-electron chi connectivity index (χ4n) is 3.39. The first-order valence-corrected chi connectivity index (χ1v) is 9.18. The topological polar surface area (TPSA) is 50.1 Å². The number of carbonyl (C=O) groups excluding carboxylic acids is 1. The third-order valence-electron chi connectivity index (χ3n) is 4.80. The molecule has 3 heterocycles. The smallest absolute Gasteiger partial charge is 0.406 e. The van der Waals surface area contributed by atoms with Gasteiger partial charge in [0.1, 0.15) is 5.75 Å². The van der Waals surface area contributed by atoms with Crippen LogP contribution in [-0.2, 0) is 6.54 Å². The van der Waals surface area contributed by atoms with Gasteiger partial charge in [0.25, 0.3) is 5.91 Å². The third kappa shape index (κ3) is 4.68. The fourth-order valence-corrected chi connectivity index (χ4v) is 3.39. The number of piperazine rings is 1. The number of hydrogen-bond acceptors (Lipinski definition) is 4. The Morgan fingerprint density at radius 1 is 1.03 bits per heavy atom. The second-order valence-electron chi connectivity index (χ2n) is 6.85. The van der Waals surface area contributed by atoms with Crippen LogP contribution in [-0.4, -0.2) is 57.9 Å². The molecule has 1 saturated heterocycles. The third-order valence-corrected chi connectivity index (χ3v) is 4.80. The molecule has 3 aromatic rings. The number of fused-ring (bicyclic) bond motifs is 1. The minimum Gasteiger partial charge on any atom is -0.406 e. The lowest BCUT2D eigenvalue weighted by atomic mass is 10.1. The highest BCUT2D eigenvalue weighted by molar-refractivity contribution is 5.94. The van der Waals surface area contributed by atoms with Crippen LogP contribution in [0, 0.1) is 0 Å². The van der Waals surface area contributed by atoms with E-state index >= 15 is 0 Å². The fraction of sp³-hybridized carbons (Fsp3) is 0.300. The molecule has 2 aromatic heterocycles. The van der Waals surface area contributed by atoms with Gasteiger partial charge in [0, 0.05) is 44.5 Å². The first-order chi connectivity index (χ1) is 13.9. The van der Waals surface area contributed by atoms with Crippen LogP contribution < -0.4 is 4.74 Å². The molecule has 1 aliphatic heterocycles. The molecule has 1 fully saturated rings. The number of rotatable bonds is 4. The van der Waals surface area contributed by atoms with E-state index in [0.717, 1.165) is 23.3 Å². The van der Waals surface area contributed by atoms with Crippen molar-refractivity contribution in [1.29, 1.82) is 0 Å². The van der Waals surface area contributed by atoms with Crippen molar-refractivity contribution in [2.24, 2.45) is 0 Å². The molecule has 1 amide bonds. The lowest BCUT2D eigenvalue weighted by molar-refractivity contribution is -0.274. The maximum Gasteiger partial charge on any atom is 0.573 e. The van der Waals surface area contributed by atoms with Gasteiger partial charge in [-0.3, -0.25) is 9.69 Å². The predicted octanol–water partition coefficient (Wildman–Crippen LogP) is 3.19. The number of amides is 1. The summed E-state index contributed by atoms with van der Waals surface area (Å²) in [5.41, 5.74) is 2.35.